The second-order valence-electron chi connectivity index (χ2n) is 5.25. The number of aryl methyl sites for hydroxylation is 2. The number of aromatic nitrogens is 2. The highest BCUT2D eigenvalue weighted by atomic mass is 79.9. The third-order valence-electron chi connectivity index (χ3n) is 3.64. The Bertz CT molecular complexity index is 949. The number of aromatic amines is 1. The molecule has 3 rings (SSSR count). The summed E-state index contributed by atoms with van der Waals surface area (Å²) >= 11 is 8.41. The highest BCUT2D eigenvalue weighted by molar-refractivity contribution is 9.11. The second kappa shape index (κ2) is 6.37. The zero-order chi connectivity index (χ0) is 16.7. The van der Waals surface area contributed by atoms with Crippen molar-refractivity contribution in [3.63, 3.8) is 0 Å². The van der Waals surface area contributed by atoms with Crippen LogP contribution in [-0.4, -0.2) is 9.97 Å². The van der Waals surface area contributed by atoms with E-state index in [1.165, 1.54) is 11.3 Å². The maximum Gasteiger partial charge on any atom is 0.260 e. The summed E-state index contributed by atoms with van der Waals surface area (Å²) < 4.78 is 7.73. The van der Waals surface area contributed by atoms with E-state index in [0.717, 1.165) is 24.2 Å². The predicted octanol–water partition coefficient (Wildman–Crippen LogP) is 5.27. The molecule has 0 radical (unpaired) electrons. The second-order valence-corrected chi connectivity index (χ2v) is 8.22. The zero-order valence-corrected chi connectivity index (χ0v) is 16.7. The first-order valence-corrected chi connectivity index (χ1v) is 9.38. The molecular weight excluding hydrogens is 444 g/mol. The number of rotatable bonds is 3. The number of nitrogens with zero attached hydrogens (tertiary/aromatic N) is 1. The van der Waals surface area contributed by atoms with Crippen LogP contribution in [0.15, 0.2) is 31.9 Å². The van der Waals surface area contributed by atoms with E-state index >= 15 is 0 Å². The van der Waals surface area contributed by atoms with Gasteiger partial charge in [-0.25, -0.2) is 4.98 Å². The third kappa shape index (κ3) is 3.22. The van der Waals surface area contributed by atoms with Crippen LogP contribution in [0.4, 0.5) is 0 Å². The SMILES string of the molecule is Cc1sc2nc([C@@H](C)Oc3ccc(Br)cc3Br)[nH]c(=O)c2c1C. The first-order valence-electron chi connectivity index (χ1n) is 6.98. The summed E-state index contributed by atoms with van der Waals surface area (Å²) in [4.78, 5) is 21.6. The molecule has 1 atom stereocenters. The minimum atomic E-state index is -0.368. The van der Waals surface area contributed by atoms with Crippen LogP contribution in [0.1, 0.15) is 29.3 Å². The lowest BCUT2D eigenvalue weighted by atomic mass is 10.2. The number of nitrogens with one attached hydrogen (secondary N) is 1. The van der Waals surface area contributed by atoms with Crippen molar-refractivity contribution in [1.29, 1.82) is 0 Å². The Kier molecular flexibility index (Phi) is 4.62. The highest BCUT2D eigenvalue weighted by Crippen LogP contribution is 2.32. The third-order valence-corrected chi connectivity index (χ3v) is 5.85. The van der Waals surface area contributed by atoms with E-state index in [1.807, 2.05) is 39.0 Å². The Morgan fingerprint density at radius 2 is 2.04 bits per heavy atom. The molecular formula is C16H14Br2N2O2S. The normalized spacial score (nSPS) is 12.6. The van der Waals surface area contributed by atoms with Gasteiger partial charge in [-0.3, -0.25) is 4.79 Å². The number of ether oxygens (including phenoxy) is 1. The van der Waals surface area contributed by atoms with Crippen LogP contribution in [0.3, 0.4) is 0 Å². The van der Waals surface area contributed by atoms with E-state index in [9.17, 15) is 4.79 Å². The quantitative estimate of drug-likeness (QED) is 0.583. The number of H-pyrrole nitrogens is 1. The van der Waals surface area contributed by atoms with E-state index in [2.05, 4.69) is 41.8 Å². The summed E-state index contributed by atoms with van der Waals surface area (Å²) in [6.45, 7) is 5.81. The van der Waals surface area contributed by atoms with Gasteiger partial charge in [0.05, 0.1) is 9.86 Å². The fourth-order valence-electron chi connectivity index (χ4n) is 2.28. The standard InChI is InChI=1S/C16H14Br2N2O2S/c1-7-9(3)23-16-13(7)15(21)19-14(20-16)8(2)22-12-5-4-10(17)6-11(12)18/h4-6,8H,1-3H3,(H,19,20,21)/t8-/m1/s1. The van der Waals surface area contributed by atoms with Gasteiger partial charge in [-0.2, -0.15) is 0 Å². The number of fused-ring (bicyclic) bond motifs is 1. The fourth-order valence-corrected chi connectivity index (χ4v) is 4.46. The fraction of sp³-hybridized carbons (Fsp3) is 0.250. The van der Waals surface area contributed by atoms with Crippen LogP contribution in [-0.2, 0) is 0 Å². The number of halogens is 2. The van der Waals surface area contributed by atoms with E-state index in [-0.39, 0.29) is 11.7 Å². The van der Waals surface area contributed by atoms with Crippen LogP contribution < -0.4 is 10.3 Å². The lowest BCUT2D eigenvalue weighted by Gasteiger charge is -2.15. The first-order chi connectivity index (χ1) is 10.9. The average Bonchev–Trinajstić information content (AvgIpc) is 2.77. The van der Waals surface area contributed by atoms with Crippen molar-refractivity contribution in [2.24, 2.45) is 0 Å². The number of hydrogen-bond acceptors (Lipinski definition) is 4. The van der Waals surface area contributed by atoms with E-state index in [0.29, 0.717) is 17.0 Å². The molecule has 0 spiro atoms. The van der Waals surface area contributed by atoms with Gasteiger partial charge in [-0.15, -0.1) is 11.3 Å². The highest BCUT2D eigenvalue weighted by Gasteiger charge is 2.17. The molecule has 2 aromatic heterocycles. The Balaban J connectivity index is 1.98. The molecule has 0 saturated heterocycles. The molecule has 0 fully saturated rings. The summed E-state index contributed by atoms with van der Waals surface area (Å²) in [7, 11) is 0. The molecule has 1 N–H and O–H groups in total. The van der Waals surface area contributed by atoms with Crippen LogP contribution in [0.5, 0.6) is 5.75 Å². The van der Waals surface area contributed by atoms with Gasteiger partial charge in [0.25, 0.3) is 5.56 Å². The maximum absolute atomic E-state index is 12.3. The van der Waals surface area contributed by atoms with Gasteiger partial charge < -0.3 is 9.72 Å². The van der Waals surface area contributed by atoms with Crippen molar-refractivity contribution in [2.45, 2.75) is 26.9 Å². The summed E-state index contributed by atoms with van der Waals surface area (Å²) in [6, 6.07) is 5.67. The monoisotopic (exact) mass is 456 g/mol. The molecule has 0 bridgehead atoms. The van der Waals surface area contributed by atoms with Crippen molar-refractivity contribution in [3.8, 4) is 5.75 Å². The zero-order valence-electron chi connectivity index (χ0n) is 12.7. The topological polar surface area (TPSA) is 55.0 Å². The summed E-state index contributed by atoms with van der Waals surface area (Å²) in [5, 5.41) is 0.674. The van der Waals surface area contributed by atoms with Crippen LogP contribution in [0, 0.1) is 13.8 Å². The molecule has 2 heterocycles. The van der Waals surface area contributed by atoms with Crippen molar-refractivity contribution in [3.05, 3.63) is 53.8 Å². The predicted molar refractivity (Wildman–Crippen MR) is 101 cm³/mol. The minimum absolute atomic E-state index is 0.114. The smallest absolute Gasteiger partial charge is 0.260 e. The molecule has 7 heteroatoms. The molecule has 0 amide bonds. The number of thiophene rings is 1. The van der Waals surface area contributed by atoms with Gasteiger partial charge in [0.2, 0.25) is 0 Å². The van der Waals surface area contributed by atoms with Gasteiger partial charge in [0.15, 0.2) is 11.9 Å². The molecule has 4 nitrogen and oxygen atoms in total. The van der Waals surface area contributed by atoms with Crippen molar-refractivity contribution in [1.82, 2.24) is 9.97 Å². The van der Waals surface area contributed by atoms with Gasteiger partial charge >= 0.3 is 0 Å². The molecule has 0 aliphatic rings. The van der Waals surface area contributed by atoms with Crippen LogP contribution in [0.2, 0.25) is 0 Å². The van der Waals surface area contributed by atoms with Gasteiger partial charge in [0, 0.05) is 9.35 Å². The number of hydrogen-bond donors (Lipinski definition) is 1. The van der Waals surface area contributed by atoms with Gasteiger partial charge in [-0.05, 0) is 60.5 Å². The van der Waals surface area contributed by atoms with E-state index < -0.39 is 0 Å². The average molecular weight is 458 g/mol. The minimum Gasteiger partial charge on any atom is -0.482 e. The lowest BCUT2D eigenvalue weighted by Crippen LogP contribution is -2.16. The summed E-state index contributed by atoms with van der Waals surface area (Å²) in [5.74, 6) is 1.22. The summed E-state index contributed by atoms with van der Waals surface area (Å²) in [6.07, 6.45) is -0.368. The molecule has 0 aliphatic heterocycles. The van der Waals surface area contributed by atoms with Crippen molar-refractivity contribution in [2.75, 3.05) is 0 Å². The molecule has 1 aromatic carbocycles. The summed E-state index contributed by atoms with van der Waals surface area (Å²) in [5.41, 5.74) is 0.881. The molecule has 0 aliphatic carbocycles. The Morgan fingerprint density at radius 1 is 1.30 bits per heavy atom. The van der Waals surface area contributed by atoms with Gasteiger partial charge in [-0.1, -0.05) is 15.9 Å². The molecule has 3 aromatic rings. The van der Waals surface area contributed by atoms with Crippen LogP contribution in [0.25, 0.3) is 10.2 Å². The first kappa shape index (κ1) is 16.7. The van der Waals surface area contributed by atoms with Crippen molar-refractivity contribution < 1.29 is 4.74 Å². The Labute approximate surface area is 154 Å². The number of benzene rings is 1. The largest absolute Gasteiger partial charge is 0.482 e. The molecule has 23 heavy (non-hydrogen) atoms. The van der Waals surface area contributed by atoms with Gasteiger partial charge in [0.1, 0.15) is 10.6 Å². The Morgan fingerprint density at radius 3 is 2.74 bits per heavy atom. The molecule has 120 valence electrons. The van der Waals surface area contributed by atoms with Crippen molar-refractivity contribution >= 4 is 53.4 Å². The Hall–Kier alpha value is -1.18. The van der Waals surface area contributed by atoms with E-state index in [1.54, 1.807) is 0 Å². The lowest BCUT2D eigenvalue weighted by molar-refractivity contribution is 0.215. The van der Waals surface area contributed by atoms with Crippen LogP contribution >= 0.6 is 43.2 Å². The maximum atomic E-state index is 12.3. The molecule has 0 saturated carbocycles. The molecule has 0 unspecified atom stereocenters. The van der Waals surface area contributed by atoms with E-state index in [4.69, 9.17) is 4.74 Å².